The van der Waals surface area contributed by atoms with Crippen LogP contribution >= 0.6 is 0 Å². The molecule has 1 aliphatic heterocycles. The van der Waals surface area contributed by atoms with Gasteiger partial charge >= 0.3 is 0 Å². The van der Waals surface area contributed by atoms with Gasteiger partial charge in [-0.1, -0.05) is 0 Å². The molecule has 5 nitrogen and oxygen atoms in total. The minimum Gasteiger partial charge on any atom is -0.300 e. The van der Waals surface area contributed by atoms with Gasteiger partial charge in [0.1, 0.15) is 0 Å². The van der Waals surface area contributed by atoms with Crippen molar-refractivity contribution < 1.29 is 8.42 Å². The predicted molar refractivity (Wildman–Crippen MR) is 48.4 cm³/mol. The van der Waals surface area contributed by atoms with E-state index in [-0.39, 0.29) is 12.6 Å². The Balaban J connectivity index is 2.42. The number of hydrogen-bond acceptors (Lipinski definition) is 4. The van der Waals surface area contributed by atoms with Crippen molar-refractivity contribution in [3.05, 3.63) is 0 Å². The first-order valence-corrected chi connectivity index (χ1v) is 5.94. The third-order valence-electron chi connectivity index (χ3n) is 2.09. The second-order valence-corrected chi connectivity index (χ2v) is 5.13. The van der Waals surface area contributed by atoms with E-state index in [0.717, 1.165) is 6.42 Å². The Bertz CT molecular complexity index is 306. The summed E-state index contributed by atoms with van der Waals surface area (Å²) in [6, 6.07) is 2.10. The molecule has 0 radical (unpaired) electrons. The summed E-state index contributed by atoms with van der Waals surface area (Å²) in [7, 11) is -3.05. The quantitative estimate of drug-likeness (QED) is 0.605. The average molecular weight is 203 g/mol. The molecule has 0 bridgehead atoms. The van der Waals surface area contributed by atoms with Gasteiger partial charge in [0.05, 0.1) is 18.9 Å². The second-order valence-electron chi connectivity index (χ2n) is 3.15. The summed E-state index contributed by atoms with van der Waals surface area (Å²) in [6.45, 7) is 1.32. The van der Waals surface area contributed by atoms with E-state index in [1.807, 2.05) is 6.07 Å². The minimum atomic E-state index is -3.05. The lowest BCUT2D eigenvalue weighted by Crippen LogP contribution is -2.34. The number of hydrogen-bond donors (Lipinski definition) is 1. The van der Waals surface area contributed by atoms with Crippen LogP contribution in [0.1, 0.15) is 6.42 Å². The first-order chi connectivity index (χ1) is 6.04. The number of nitrogens with one attached hydrogen (secondary N) is 1. The van der Waals surface area contributed by atoms with Crippen LogP contribution < -0.4 is 5.32 Å². The van der Waals surface area contributed by atoms with Crippen molar-refractivity contribution in [2.75, 3.05) is 25.9 Å². The molecule has 1 N–H and O–H groups in total. The van der Waals surface area contributed by atoms with Crippen molar-refractivity contribution >= 4 is 10.0 Å². The van der Waals surface area contributed by atoms with E-state index in [1.165, 1.54) is 10.6 Å². The molecule has 0 saturated carbocycles. The molecule has 0 aliphatic carbocycles. The van der Waals surface area contributed by atoms with Gasteiger partial charge in [0, 0.05) is 19.1 Å². The van der Waals surface area contributed by atoms with E-state index in [4.69, 9.17) is 5.26 Å². The number of nitrogens with zero attached hydrogens (tertiary/aromatic N) is 2. The average Bonchev–Trinajstić information content (AvgIpc) is 2.47. The second kappa shape index (κ2) is 4.05. The molecule has 1 fully saturated rings. The number of nitriles is 1. The van der Waals surface area contributed by atoms with Crippen molar-refractivity contribution in [3.8, 4) is 6.07 Å². The molecule has 1 heterocycles. The van der Waals surface area contributed by atoms with Gasteiger partial charge in [0.15, 0.2) is 0 Å². The van der Waals surface area contributed by atoms with E-state index in [1.54, 1.807) is 0 Å². The molecule has 74 valence electrons. The van der Waals surface area contributed by atoms with Gasteiger partial charge in [-0.15, -0.1) is 0 Å². The van der Waals surface area contributed by atoms with Crippen LogP contribution in [0.3, 0.4) is 0 Å². The molecule has 6 heteroatoms. The van der Waals surface area contributed by atoms with Crippen LogP contribution in [0.2, 0.25) is 0 Å². The molecular weight excluding hydrogens is 190 g/mol. The highest BCUT2D eigenvalue weighted by Crippen LogP contribution is 2.11. The fourth-order valence-corrected chi connectivity index (χ4v) is 2.27. The van der Waals surface area contributed by atoms with Crippen LogP contribution in [0, 0.1) is 11.3 Å². The van der Waals surface area contributed by atoms with Gasteiger partial charge in [-0.3, -0.25) is 0 Å². The van der Waals surface area contributed by atoms with Crippen LogP contribution in [0.15, 0.2) is 0 Å². The maximum atomic E-state index is 11.1. The van der Waals surface area contributed by atoms with Gasteiger partial charge < -0.3 is 5.32 Å². The van der Waals surface area contributed by atoms with E-state index >= 15 is 0 Å². The highest BCUT2D eigenvalue weighted by atomic mass is 32.2. The minimum absolute atomic E-state index is 0.134. The maximum Gasteiger partial charge on any atom is 0.211 e. The summed E-state index contributed by atoms with van der Waals surface area (Å²) in [5, 5.41) is 11.3. The molecule has 0 spiro atoms. The summed E-state index contributed by atoms with van der Waals surface area (Å²) in [5.41, 5.74) is 0. The van der Waals surface area contributed by atoms with Gasteiger partial charge in [-0.25, -0.2) is 12.7 Å². The summed E-state index contributed by atoms with van der Waals surface area (Å²) in [4.78, 5) is 0. The third kappa shape index (κ3) is 2.95. The van der Waals surface area contributed by atoms with Gasteiger partial charge in [0.2, 0.25) is 10.0 Å². The molecule has 13 heavy (non-hydrogen) atoms. The van der Waals surface area contributed by atoms with Crippen LogP contribution in [0.25, 0.3) is 0 Å². The smallest absolute Gasteiger partial charge is 0.211 e. The molecule has 0 aromatic carbocycles. The Morgan fingerprint density at radius 1 is 1.69 bits per heavy atom. The Labute approximate surface area is 78.4 Å². The molecule has 1 atom stereocenters. The fourth-order valence-electron chi connectivity index (χ4n) is 1.39. The van der Waals surface area contributed by atoms with Gasteiger partial charge in [-0.05, 0) is 6.42 Å². The molecule has 1 saturated heterocycles. The molecular formula is C7H13N3O2S. The summed E-state index contributed by atoms with van der Waals surface area (Å²) >= 11 is 0. The molecule has 0 aromatic rings. The van der Waals surface area contributed by atoms with E-state index in [0.29, 0.717) is 13.1 Å². The highest BCUT2D eigenvalue weighted by Gasteiger charge is 2.27. The first-order valence-electron chi connectivity index (χ1n) is 4.09. The molecule has 1 aliphatic rings. The predicted octanol–water partition coefficient (Wildman–Crippen LogP) is -0.867. The SMILES string of the molecule is CS(=O)(=O)N1CC[C@@H](NCC#N)C1. The Morgan fingerprint density at radius 2 is 2.38 bits per heavy atom. The largest absolute Gasteiger partial charge is 0.300 e. The van der Waals surface area contributed by atoms with E-state index < -0.39 is 10.0 Å². The number of rotatable bonds is 3. The zero-order valence-electron chi connectivity index (χ0n) is 7.52. The van der Waals surface area contributed by atoms with Crippen molar-refractivity contribution in [2.24, 2.45) is 0 Å². The zero-order chi connectivity index (χ0) is 9.90. The highest BCUT2D eigenvalue weighted by molar-refractivity contribution is 7.88. The van der Waals surface area contributed by atoms with E-state index in [9.17, 15) is 8.42 Å². The topological polar surface area (TPSA) is 73.2 Å². The van der Waals surface area contributed by atoms with Crippen LogP contribution in [-0.2, 0) is 10.0 Å². The molecule has 0 unspecified atom stereocenters. The maximum absolute atomic E-state index is 11.1. The van der Waals surface area contributed by atoms with E-state index in [2.05, 4.69) is 5.32 Å². The van der Waals surface area contributed by atoms with Crippen LogP contribution in [-0.4, -0.2) is 44.7 Å². The first kappa shape index (κ1) is 10.4. The third-order valence-corrected chi connectivity index (χ3v) is 3.36. The Hall–Kier alpha value is -0.640. The molecule has 0 aromatic heterocycles. The standard InChI is InChI=1S/C7H13N3O2S/c1-13(11,12)10-5-2-7(6-10)9-4-3-8/h7,9H,2,4-6H2,1H3/t7-/m1/s1. The monoisotopic (exact) mass is 203 g/mol. The molecule has 1 rings (SSSR count). The van der Waals surface area contributed by atoms with Crippen molar-refractivity contribution in [2.45, 2.75) is 12.5 Å². The van der Waals surface area contributed by atoms with Crippen LogP contribution in [0.5, 0.6) is 0 Å². The van der Waals surface area contributed by atoms with Gasteiger partial charge in [0.25, 0.3) is 0 Å². The molecule has 0 amide bonds. The normalized spacial score (nSPS) is 24.5. The number of sulfonamides is 1. The van der Waals surface area contributed by atoms with Gasteiger partial charge in [-0.2, -0.15) is 5.26 Å². The van der Waals surface area contributed by atoms with Crippen molar-refractivity contribution in [3.63, 3.8) is 0 Å². The summed E-state index contributed by atoms with van der Waals surface area (Å²) in [6.07, 6.45) is 1.99. The zero-order valence-corrected chi connectivity index (χ0v) is 8.34. The summed E-state index contributed by atoms with van der Waals surface area (Å²) in [5.74, 6) is 0. The summed E-state index contributed by atoms with van der Waals surface area (Å²) < 4.78 is 23.6. The van der Waals surface area contributed by atoms with Crippen molar-refractivity contribution in [1.82, 2.24) is 9.62 Å². The van der Waals surface area contributed by atoms with Crippen molar-refractivity contribution in [1.29, 1.82) is 5.26 Å². The lowest BCUT2D eigenvalue weighted by atomic mass is 10.3. The van der Waals surface area contributed by atoms with Crippen LogP contribution in [0.4, 0.5) is 0 Å². The lowest BCUT2D eigenvalue weighted by Gasteiger charge is -2.12. The Kier molecular flexibility index (Phi) is 3.25. The fraction of sp³-hybridized carbons (Fsp3) is 0.857. The Morgan fingerprint density at radius 3 is 2.85 bits per heavy atom. The lowest BCUT2D eigenvalue weighted by molar-refractivity contribution is 0.467.